The summed E-state index contributed by atoms with van der Waals surface area (Å²) in [6.45, 7) is 1.89. The zero-order valence-corrected chi connectivity index (χ0v) is 12.8. The van der Waals surface area contributed by atoms with Gasteiger partial charge in [-0.05, 0) is 28.1 Å². The molecule has 0 saturated carbocycles. The van der Waals surface area contributed by atoms with Crippen LogP contribution >= 0.6 is 28.3 Å². The highest BCUT2D eigenvalue weighted by atomic mass is 79.9. The Morgan fingerprint density at radius 1 is 1.58 bits per heavy atom. The Kier molecular flexibility index (Phi) is 6.57. The van der Waals surface area contributed by atoms with E-state index in [2.05, 4.69) is 26.6 Å². The first-order valence-corrected chi connectivity index (χ1v) is 6.46. The number of ether oxygens (including phenoxy) is 2. The fourth-order valence-corrected chi connectivity index (χ4v) is 2.10. The molecule has 5 nitrogen and oxygen atoms in total. The summed E-state index contributed by atoms with van der Waals surface area (Å²) in [6.07, 6.45) is -0.437. The lowest BCUT2D eigenvalue weighted by Crippen LogP contribution is -2.45. The van der Waals surface area contributed by atoms with Gasteiger partial charge in [-0.3, -0.25) is 4.79 Å². The minimum Gasteiger partial charge on any atom is -0.495 e. The average Bonchev–Trinajstić information content (AvgIpc) is 2.42. The molecule has 1 unspecified atom stereocenters. The molecule has 19 heavy (non-hydrogen) atoms. The zero-order valence-electron chi connectivity index (χ0n) is 10.4. The van der Waals surface area contributed by atoms with Gasteiger partial charge in [-0.1, -0.05) is 0 Å². The summed E-state index contributed by atoms with van der Waals surface area (Å²) in [6, 6.07) is 5.40. The van der Waals surface area contributed by atoms with Gasteiger partial charge >= 0.3 is 0 Å². The van der Waals surface area contributed by atoms with Gasteiger partial charge in [-0.2, -0.15) is 0 Å². The highest BCUT2D eigenvalue weighted by Crippen LogP contribution is 2.27. The van der Waals surface area contributed by atoms with Crippen molar-refractivity contribution in [3.8, 4) is 5.75 Å². The van der Waals surface area contributed by atoms with E-state index in [1.807, 2.05) is 6.07 Å². The number of anilines is 1. The molecule has 1 aromatic carbocycles. The highest BCUT2D eigenvalue weighted by molar-refractivity contribution is 9.10. The van der Waals surface area contributed by atoms with Crippen LogP contribution in [0.2, 0.25) is 0 Å². The first kappa shape index (κ1) is 16.2. The average molecular weight is 352 g/mol. The fraction of sp³-hybridized carbons (Fsp3) is 0.417. The Morgan fingerprint density at radius 3 is 3.00 bits per heavy atom. The third-order valence-corrected chi connectivity index (χ3v) is 3.29. The van der Waals surface area contributed by atoms with Crippen LogP contribution in [0.3, 0.4) is 0 Å². The second kappa shape index (κ2) is 7.69. The molecule has 0 bridgehead atoms. The molecule has 0 radical (unpaired) electrons. The van der Waals surface area contributed by atoms with E-state index in [1.165, 1.54) is 0 Å². The van der Waals surface area contributed by atoms with Crippen LogP contribution in [-0.4, -0.2) is 38.8 Å². The number of hydrogen-bond acceptors (Lipinski definition) is 4. The largest absolute Gasteiger partial charge is 0.495 e. The molecular formula is C12H16BrClN2O3. The number of halogens is 2. The Bertz CT molecular complexity index is 439. The minimum absolute atomic E-state index is 0. The van der Waals surface area contributed by atoms with E-state index in [1.54, 1.807) is 19.2 Å². The van der Waals surface area contributed by atoms with Crippen molar-refractivity contribution in [2.24, 2.45) is 0 Å². The predicted octanol–water partition coefficient (Wildman–Crippen LogP) is 1.81. The van der Waals surface area contributed by atoms with Gasteiger partial charge in [0.2, 0.25) is 0 Å². The van der Waals surface area contributed by atoms with Crippen molar-refractivity contribution in [2.45, 2.75) is 6.10 Å². The summed E-state index contributed by atoms with van der Waals surface area (Å²) < 4.78 is 11.4. The second-order valence-electron chi connectivity index (χ2n) is 3.90. The minimum atomic E-state index is -0.437. The normalized spacial score (nSPS) is 18.3. The molecule has 0 aliphatic carbocycles. The van der Waals surface area contributed by atoms with Crippen LogP contribution < -0.4 is 15.4 Å². The summed E-state index contributed by atoms with van der Waals surface area (Å²) in [5.74, 6) is 0.530. The molecule has 1 aliphatic heterocycles. The number of benzene rings is 1. The van der Waals surface area contributed by atoms with Crippen molar-refractivity contribution in [3.05, 3.63) is 22.7 Å². The molecule has 2 rings (SSSR count). The first-order chi connectivity index (χ1) is 8.70. The van der Waals surface area contributed by atoms with E-state index in [0.29, 0.717) is 24.6 Å². The topological polar surface area (TPSA) is 59.6 Å². The van der Waals surface area contributed by atoms with E-state index >= 15 is 0 Å². The van der Waals surface area contributed by atoms with E-state index in [0.717, 1.165) is 11.0 Å². The Hall–Kier alpha value is -0.820. The van der Waals surface area contributed by atoms with Crippen molar-refractivity contribution >= 4 is 39.9 Å². The lowest BCUT2D eigenvalue weighted by molar-refractivity contribution is -0.128. The molecule has 106 valence electrons. The van der Waals surface area contributed by atoms with E-state index in [-0.39, 0.29) is 18.3 Å². The first-order valence-electron chi connectivity index (χ1n) is 5.67. The summed E-state index contributed by atoms with van der Waals surface area (Å²) in [4.78, 5) is 11.9. The number of nitrogens with one attached hydrogen (secondary N) is 2. The van der Waals surface area contributed by atoms with Crippen LogP contribution in [0.1, 0.15) is 0 Å². The maximum atomic E-state index is 11.9. The quantitative estimate of drug-likeness (QED) is 0.872. The molecule has 0 spiro atoms. The fourth-order valence-electron chi connectivity index (χ4n) is 1.69. The van der Waals surface area contributed by atoms with Crippen LogP contribution in [0.25, 0.3) is 0 Å². The third kappa shape index (κ3) is 4.35. The molecule has 1 fully saturated rings. The molecule has 1 saturated heterocycles. The van der Waals surface area contributed by atoms with E-state index in [9.17, 15) is 4.79 Å². The van der Waals surface area contributed by atoms with Crippen molar-refractivity contribution < 1.29 is 14.3 Å². The number of methoxy groups -OCH3 is 1. The van der Waals surface area contributed by atoms with Crippen LogP contribution in [0.5, 0.6) is 5.75 Å². The molecule has 7 heteroatoms. The molecule has 1 aliphatic rings. The van der Waals surface area contributed by atoms with Gasteiger partial charge in [0.25, 0.3) is 5.91 Å². The van der Waals surface area contributed by atoms with Crippen molar-refractivity contribution in [1.82, 2.24) is 5.32 Å². The lowest BCUT2D eigenvalue weighted by atomic mass is 10.2. The number of rotatable bonds is 3. The molecule has 1 aromatic rings. The van der Waals surface area contributed by atoms with Gasteiger partial charge in [0.15, 0.2) is 0 Å². The van der Waals surface area contributed by atoms with Crippen LogP contribution in [0, 0.1) is 0 Å². The molecule has 0 aromatic heterocycles. The summed E-state index contributed by atoms with van der Waals surface area (Å²) in [5.41, 5.74) is 0.689. The number of hydrogen-bond donors (Lipinski definition) is 2. The van der Waals surface area contributed by atoms with Crippen LogP contribution in [0.4, 0.5) is 5.69 Å². The van der Waals surface area contributed by atoms with Crippen LogP contribution in [-0.2, 0) is 9.53 Å². The third-order valence-electron chi connectivity index (χ3n) is 2.64. The zero-order chi connectivity index (χ0) is 13.0. The number of amides is 1. The van der Waals surface area contributed by atoms with E-state index in [4.69, 9.17) is 9.47 Å². The molecule has 2 N–H and O–H groups in total. The van der Waals surface area contributed by atoms with Gasteiger partial charge in [0.05, 0.1) is 18.2 Å². The monoisotopic (exact) mass is 350 g/mol. The molecule has 1 amide bonds. The number of morpholine rings is 1. The second-order valence-corrected chi connectivity index (χ2v) is 4.76. The molecular weight excluding hydrogens is 336 g/mol. The van der Waals surface area contributed by atoms with Crippen molar-refractivity contribution in [1.29, 1.82) is 0 Å². The number of carbonyl (C=O) groups excluding carboxylic acids is 1. The molecule has 1 atom stereocenters. The maximum Gasteiger partial charge on any atom is 0.254 e. The van der Waals surface area contributed by atoms with Crippen molar-refractivity contribution in [2.75, 3.05) is 32.1 Å². The van der Waals surface area contributed by atoms with Gasteiger partial charge < -0.3 is 20.1 Å². The Morgan fingerprint density at radius 2 is 2.37 bits per heavy atom. The summed E-state index contributed by atoms with van der Waals surface area (Å²) in [5, 5.41) is 5.92. The maximum absolute atomic E-state index is 11.9. The summed E-state index contributed by atoms with van der Waals surface area (Å²) in [7, 11) is 1.58. The Labute approximate surface area is 126 Å². The molecule has 1 heterocycles. The van der Waals surface area contributed by atoms with Gasteiger partial charge in [-0.15, -0.1) is 12.4 Å². The van der Waals surface area contributed by atoms with Gasteiger partial charge in [-0.25, -0.2) is 0 Å². The predicted molar refractivity (Wildman–Crippen MR) is 79.2 cm³/mol. The highest BCUT2D eigenvalue weighted by Gasteiger charge is 2.21. The van der Waals surface area contributed by atoms with Crippen molar-refractivity contribution in [3.63, 3.8) is 0 Å². The lowest BCUT2D eigenvalue weighted by Gasteiger charge is -2.22. The summed E-state index contributed by atoms with van der Waals surface area (Å²) >= 11 is 3.36. The smallest absolute Gasteiger partial charge is 0.254 e. The van der Waals surface area contributed by atoms with Gasteiger partial charge in [0, 0.05) is 24.8 Å². The standard InChI is InChI=1S/C12H15BrN2O3.ClH/c1-17-10-6-8(2-3-9(10)13)15-12(16)11-7-14-4-5-18-11;/h2-3,6,11,14H,4-5,7H2,1H3,(H,15,16);1H. The SMILES string of the molecule is COc1cc(NC(=O)C2CNCCO2)ccc1Br.Cl. The van der Waals surface area contributed by atoms with Crippen LogP contribution in [0.15, 0.2) is 22.7 Å². The van der Waals surface area contributed by atoms with Gasteiger partial charge in [0.1, 0.15) is 11.9 Å². The number of carbonyl (C=O) groups is 1. The van der Waals surface area contributed by atoms with E-state index < -0.39 is 6.10 Å². The Balaban J connectivity index is 0.00000180.